The van der Waals surface area contributed by atoms with E-state index in [9.17, 15) is 9.59 Å². The van der Waals surface area contributed by atoms with Gasteiger partial charge in [0.15, 0.2) is 0 Å². The van der Waals surface area contributed by atoms with Crippen LogP contribution >= 0.6 is 11.6 Å². The first-order valence-electron chi connectivity index (χ1n) is 7.34. The minimum absolute atomic E-state index is 0.288. The molecule has 0 aromatic heterocycles. The molecule has 5 heteroatoms. The maximum atomic E-state index is 12.7. The SMILES string of the molecule is CC(C)(C)C#CC(=O)NN(C(=O)c1ccc(Cl)cc1)C(C)(C)C. The number of amides is 2. The summed E-state index contributed by atoms with van der Waals surface area (Å²) < 4.78 is 0. The Balaban J connectivity index is 3.01. The Labute approximate surface area is 143 Å². The lowest BCUT2D eigenvalue weighted by Crippen LogP contribution is -2.55. The van der Waals surface area contributed by atoms with Crippen LogP contribution in [0.2, 0.25) is 5.02 Å². The van der Waals surface area contributed by atoms with E-state index in [0.717, 1.165) is 0 Å². The van der Waals surface area contributed by atoms with E-state index in [1.165, 1.54) is 5.01 Å². The highest BCUT2D eigenvalue weighted by molar-refractivity contribution is 6.30. The van der Waals surface area contributed by atoms with Crippen LogP contribution in [0.5, 0.6) is 0 Å². The average Bonchev–Trinajstić information content (AvgIpc) is 2.40. The fourth-order valence-corrected chi connectivity index (χ4v) is 1.74. The summed E-state index contributed by atoms with van der Waals surface area (Å²) in [6, 6.07) is 6.51. The first-order valence-corrected chi connectivity index (χ1v) is 7.72. The van der Waals surface area contributed by atoms with E-state index in [2.05, 4.69) is 17.3 Å². The fourth-order valence-electron chi connectivity index (χ4n) is 1.62. The monoisotopic (exact) mass is 334 g/mol. The number of halogens is 1. The second kappa shape index (κ2) is 7.06. The van der Waals surface area contributed by atoms with E-state index < -0.39 is 11.4 Å². The van der Waals surface area contributed by atoms with Gasteiger partial charge in [-0.2, -0.15) is 0 Å². The van der Waals surface area contributed by atoms with Crippen molar-refractivity contribution in [3.8, 4) is 11.8 Å². The summed E-state index contributed by atoms with van der Waals surface area (Å²) >= 11 is 5.84. The molecular weight excluding hydrogens is 312 g/mol. The minimum Gasteiger partial charge on any atom is -0.267 e. The number of hydrogen-bond donors (Lipinski definition) is 1. The summed E-state index contributed by atoms with van der Waals surface area (Å²) in [5.41, 5.74) is 2.13. The molecule has 1 rings (SSSR count). The zero-order valence-electron chi connectivity index (χ0n) is 14.5. The van der Waals surface area contributed by atoms with Gasteiger partial charge in [-0.1, -0.05) is 17.5 Å². The van der Waals surface area contributed by atoms with Gasteiger partial charge in [-0.25, -0.2) is 5.01 Å². The maximum absolute atomic E-state index is 12.7. The second-order valence-electron chi connectivity index (χ2n) is 7.26. The van der Waals surface area contributed by atoms with Crippen molar-refractivity contribution < 1.29 is 9.59 Å². The van der Waals surface area contributed by atoms with Gasteiger partial charge in [0.1, 0.15) is 0 Å². The van der Waals surface area contributed by atoms with E-state index in [1.54, 1.807) is 24.3 Å². The van der Waals surface area contributed by atoms with E-state index in [4.69, 9.17) is 11.6 Å². The minimum atomic E-state index is -0.601. The quantitative estimate of drug-likeness (QED) is 0.629. The van der Waals surface area contributed by atoms with Gasteiger partial charge in [0.2, 0.25) is 0 Å². The summed E-state index contributed by atoms with van der Waals surface area (Å²) in [7, 11) is 0. The van der Waals surface area contributed by atoms with Crippen molar-refractivity contribution in [1.29, 1.82) is 0 Å². The Morgan fingerprint density at radius 3 is 2.00 bits per heavy atom. The third-order valence-corrected chi connectivity index (χ3v) is 2.98. The van der Waals surface area contributed by atoms with E-state index in [0.29, 0.717) is 10.6 Å². The standard InChI is InChI=1S/C18H23ClN2O2/c1-17(2,3)12-11-15(22)20-21(18(4,5)6)16(23)13-7-9-14(19)10-8-13/h7-10H,1-6H3,(H,20,22). The topological polar surface area (TPSA) is 49.4 Å². The Hall–Kier alpha value is -1.99. The molecule has 0 saturated carbocycles. The van der Waals surface area contributed by atoms with Gasteiger partial charge in [0, 0.05) is 16.0 Å². The Morgan fingerprint density at radius 1 is 1.04 bits per heavy atom. The number of nitrogens with zero attached hydrogens (tertiary/aromatic N) is 1. The lowest BCUT2D eigenvalue weighted by molar-refractivity contribution is -0.121. The first kappa shape index (κ1) is 19.1. The zero-order valence-corrected chi connectivity index (χ0v) is 15.2. The molecule has 1 aromatic carbocycles. The van der Waals surface area contributed by atoms with E-state index >= 15 is 0 Å². The molecule has 0 spiro atoms. The van der Waals surface area contributed by atoms with Crippen LogP contribution in [0.25, 0.3) is 0 Å². The van der Waals surface area contributed by atoms with E-state index in [1.807, 2.05) is 41.5 Å². The Kier molecular flexibility index (Phi) is 5.85. The van der Waals surface area contributed by atoms with Crippen molar-refractivity contribution in [2.24, 2.45) is 5.41 Å². The molecule has 2 amide bonds. The lowest BCUT2D eigenvalue weighted by atomic mass is 9.98. The molecule has 0 heterocycles. The summed E-state index contributed by atoms with van der Waals surface area (Å²) in [6.45, 7) is 11.2. The third-order valence-electron chi connectivity index (χ3n) is 2.73. The van der Waals surface area contributed by atoms with Gasteiger partial charge >= 0.3 is 5.91 Å². The van der Waals surface area contributed by atoms with Crippen LogP contribution < -0.4 is 5.43 Å². The van der Waals surface area contributed by atoms with Gasteiger partial charge < -0.3 is 0 Å². The number of nitrogens with one attached hydrogen (secondary N) is 1. The molecular formula is C18H23ClN2O2. The van der Waals surface area contributed by atoms with Gasteiger partial charge in [-0.15, -0.1) is 0 Å². The number of rotatable bonds is 1. The molecule has 0 unspecified atom stereocenters. The average molecular weight is 335 g/mol. The summed E-state index contributed by atoms with van der Waals surface area (Å²) in [4.78, 5) is 24.7. The smallest absolute Gasteiger partial charge is 0.267 e. The molecule has 23 heavy (non-hydrogen) atoms. The highest BCUT2D eigenvalue weighted by Crippen LogP contribution is 2.17. The zero-order chi connectivity index (χ0) is 17.8. The highest BCUT2D eigenvalue weighted by Gasteiger charge is 2.29. The number of hydrazine groups is 1. The molecule has 0 saturated heterocycles. The van der Waals surface area contributed by atoms with Crippen LogP contribution in [0.15, 0.2) is 24.3 Å². The number of benzene rings is 1. The molecule has 1 N–H and O–H groups in total. The third kappa shape index (κ3) is 6.33. The maximum Gasteiger partial charge on any atom is 0.314 e. The van der Waals surface area contributed by atoms with Crippen molar-refractivity contribution in [1.82, 2.24) is 10.4 Å². The van der Waals surface area contributed by atoms with Gasteiger partial charge in [-0.05, 0) is 71.7 Å². The Morgan fingerprint density at radius 2 is 1.57 bits per heavy atom. The van der Waals surface area contributed by atoms with Crippen molar-refractivity contribution in [2.75, 3.05) is 0 Å². The molecule has 0 aliphatic rings. The van der Waals surface area contributed by atoms with Gasteiger partial charge in [0.05, 0.1) is 5.54 Å². The largest absolute Gasteiger partial charge is 0.314 e. The lowest BCUT2D eigenvalue weighted by Gasteiger charge is -2.34. The number of carbonyl (C=O) groups excluding carboxylic acids is 2. The molecule has 1 aromatic rings. The molecule has 4 nitrogen and oxygen atoms in total. The fraction of sp³-hybridized carbons (Fsp3) is 0.444. The van der Waals surface area contributed by atoms with Crippen molar-refractivity contribution in [2.45, 2.75) is 47.1 Å². The summed E-state index contributed by atoms with van der Waals surface area (Å²) in [6.07, 6.45) is 0. The summed E-state index contributed by atoms with van der Waals surface area (Å²) in [5.74, 6) is 4.54. The van der Waals surface area contributed by atoms with Crippen LogP contribution in [0.3, 0.4) is 0 Å². The second-order valence-corrected chi connectivity index (χ2v) is 7.70. The number of carbonyl (C=O) groups is 2. The predicted molar refractivity (Wildman–Crippen MR) is 92.7 cm³/mol. The van der Waals surface area contributed by atoms with Crippen LogP contribution in [0.4, 0.5) is 0 Å². The highest BCUT2D eigenvalue weighted by atomic mass is 35.5. The normalized spacial score (nSPS) is 11.3. The van der Waals surface area contributed by atoms with Crippen LogP contribution in [0, 0.1) is 17.3 Å². The Bertz CT molecular complexity index is 641. The van der Waals surface area contributed by atoms with Gasteiger partial charge in [-0.3, -0.25) is 15.0 Å². The summed E-state index contributed by atoms with van der Waals surface area (Å²) in [5, 5.41) is 1.83. The molecule has 0 fully saturated rings. The van der Waals surface area contributed by atoms with Gasteiger partial charge in [0.25, 0.3) is 5.91 Å². The molecule has 0 bridgehead atoms. The predicted octanol–water partition coefficient (Wildman–Crippen LogP) is 3.66. The van der Waals surface area contributed by atoms with Crippen molar-refractivity contribution >= 4 is 23.4 Å². The molecule has 0 atom stereocenters. The molecule has 0 aliphatic carbocycles. The number of hydrogen-bond acceptors (Lipinski definition) is 2. The first-order chi connectivity index (χ1) is 10.4. The van der Waals surface area contributed by atoms with Crippen molar-refractivity contribution in [3.63, 3.8) is 0 Å². The molecule has 124 valence electrons. The van der Waals surface area contributed by atoms with Crippen LogP contribution in [0.1, 0.15) is 51.9 Å². The van der Waals surface area contributed by atoms with Crippen LogP contribution in [-0.4, -0.2) is 22.4 Å². The van der Waals surface area contributed by atoms with Crippen LogP contribution in [-0.2, 0) is 4.79 Å². The van der Waals surface area contributed by atoms with E-state index in [-0.39, 0.29) is 11.3 Å². The molecule has 0 radical (unpaired) electrons. The molecule has 0 aliphatic heterocycles. The van der Waals surface area contributed by atoms with Crippen molar-refractivity contribution in [3.05, 3.63) is 34.9 Å².